The fourth-order valence-corrected chi connectivity index (χ4v) is 9.99. The SMILES string of the molecule is C1=CC2CC2C=C1N(c1cccc2c1Oc1cc3c(cc1O2)C1(c2ccccc2-c2ccccc21)c1ccccc1-3)c1cccc2oc3ccccc3c12. The second-order valence-electron chi connectivity index (χ2n) is 15.1. The predicted molar refractivity (Wildman–Crippen MR) is 214 cm³/mol. The Balaban J connectivity index is 1.01. The summed E-state index contributed by atoms with van der Waals surface area (Å²) in [6.45, 7) is 0. The van der Waals surface area contributed by atoms with E-state index in [4.69, 9.17) is 13.9 Å². The number of ether oxygens (including phenoxy) is 2. The first-order valence-electron chi connectivity index (χ1n) is 18.8. The van der Waals surface area contributed by atoms with Crippen LogP contribution in [0.5, 0.6) is 23.0 Å². The summed E-state index contributed by atoms with van der Waals surface area (Å²) in [7, 11) is 0. The molecule has 2 unspecified atom stereocenters. The molecule has 0 radical (unpaired) electrons. The van der Waals surface area contributed by atoms with E-state index >= 15 is 0 Å². The van der Waals surface area contributed by atoms with Crippen LogP contribution in [-0.2, 0) is 5.41 Å². The van der Waals surface area contributed by atoms with Gasteiger partial charge in [-0.05, 0) is 111 Å². The summed E-state index contributed by atoms with van der Waals surface area (Å²) < 4.78 is 20.5. The molecular formula is C50H31NO3. The van der Waals surface area contributed by atoms with Crippen molar-refractivity contribution in [2.75, 3.05) is 4.90 Å². The highest BCUT2D eigenvalue weighted by molar-refractivity contribution is 6.13. The van der Waals surface area contributed by atoms with Crippen molar-refractivity contribution in [2.24, 2.45) is 11.8 Å². The lowest BCUT2D eigenvalue weighted by molar-refractivity contribution is 0.360. The Morgan fingerprint density at radius 3 is 1.94 bits per heavy atom. The summed E-state index contributed by atoms with van der Waals surface area (Å²) in [5.41, 5.74) is 14.4. The summed E-state index contributed by atoms with van der Waals surface area (Å²) in [6, 6.07) is 52.0. The third-order valence-corrected chi connectivity index (χ3v) is 12.4. The van der Waals surface area contributed by atoms with Gasteiger partial charge in [0.05, 0.1) is 22.2 Å². The van der Waals surface area contributed by atoms with Crippen LogP contribution in [0.15, 0.2) is 174 Å². The highest BCUT2D eigenvalue weighted by Crippen LogP contribution is 2.65. The van der Waals surface area contributed by atoms with Crippen molar-refractivity contribution in [3.63, 3.8) is 0 Å². The Morgan fingerprint density at radius 1 is 0.519 bits per heavy atom. The van der Waals surface area contributed by atoms with E-state index in [0.717, 1.165) is 44.8 Å². The molecule has 0 N–H and O–H groups in total. The van der Waals surface area contributed by atoms with Gasteiger partial charge >= 0.3 is 0 Å². The number of nitrogens with zero attached hydrogens (tertiary/aromatic N) is 1. The Morgan fingerprint density at radius 2 is 1.17 bits per heavy atom. The van der Waals surface area contributed by atoms with E-state index in [1.54, 1.807) is 0 Å². The van der Waals surface area contributed by atoms with Crippen LogP contribution in [-0.4, -0.2) is 0 Å². The van der Waals surface area contributed by atoms with Gasteiger partial charge in [-0.15, -0.1) is 0 Å². The monoisotopic (exact) mass is 693 g/mol. The molecule has 13 rings (SSSR count). The molecule has 254 valence electrons. The largest absolute Gasteiger partial charge is 0.456 e. The minimum absolute atomic E-state index is 0.455. The van der Waals surface area contributed by atoms with Gasteiger partial charge in [0.1, 0.15) is 11.2 Å². The molecule has 4 aliphatic carbocycles. The van der Waals surface area contributed by atoms with Gasteiger partial charge in [-0.2, -0.15) is 0 Å². The van der Waals surface area contributed by atoms with E-state index < -0.39 is 5.41 Å². The average Bonchev–Trinajstić information content (AvgIpc) is 3.69. The lowest BCUT2D eigenvalue weighted by atomic mass is 9.70. The first-order chi connectivity index (χ1) is 26.8. The van der Waals surface area contributed by atoms with Crippen LogP contribution in [0.3, 0.4) is 0 Å². The van der Waals surface area contributed by atoms with E-state index in [0.29, 0.717) is 29.1 Å². The van der Waals surface area contributed by atoms with Crippen molar-refractivity contribution in [3.8, 4) is 45.3 Å². The summed E-state index contributed by atoms with van der Waals surface area (Å²) in [5, 5.41) is 2.16. The second-order valence-corrected chi connectivity index (χ2v) is 15.1. The van der Waals surface area contributed by atoms with Crippen LogP contribution in [0, 0.1) is 11.8 Å². The minimum atomic E-state index is -0.455. The molecule has 0 amide bonds. The van der Waals surface area contributed by atoms with Crippen LogP contribution in [0.1, 0.15) is 28.7 Å². The van der Waals surface area contributed by atoms with Gasteiger partial charge in [-0.3, -0.25) is 0 Å². The smallest absolute Gasteiger partial charge is 0.194 e. The van der Waals surface area contributed by atoms with Gasteiger partial charge in [0.15, 0.2) is 23.0 Å². The lowest BCUT2D eigenvalue weighted by Gasteiger charge is -2.33. The molecule has 1 spiro atoms. The van der Waals surface area contributed by atoms with Crippen molar-refractivity contribution < 1.29 is 13.9 Å². The van der Waals surface area contributed by atoms with Gasteiger partial charge < -0.3 is 18.8 Å². The van der Waals surface area contributed by atoms with Gasteiger partial charge in [0.25, 0.3) is 0 Å². The number of hydrogen-bond acceptors (Lipinski definition) is 4. The van der Waals surface area contributed by atoms with Crippen molar-refractivity contribution in [1.29, 1.82) is 0 Å². The lowest BCUT2D eigenvalue weighted by Crippen LogP contribution is -2.26. The van der Waals surface area contributed by atoms with E-state index in [2.05, 4.69) is 151 Å². The normalized spacial score (nSPS) is 18.4. The number of furan rings is 1. The van der Waals surface area contributed by atoms with E-state index in [-0.39, 0.29) is 0 Å². The van der Waals surface area contributed by atoms with E-state index in [9.17, 15) is 0 Å². The van der Waals surface area contributed by atoms with E-state index in [1.807, 2.05) is 18.2 Å². The first-order valence-corrected chi connectivity index (χ1v) is 18.8. The third-order valence-electron chi connectivity index (χ3n) is 12.4. The van der Waals surface area contributed by atoms with Crippen molar-refractivity contribution in [3.05, 3.63) is 192 Å². The van der Waals surface area contributed by atoms with Gasteiger partial charge in [-0.1, -0.05) is 115 Å². The Hall–Kier alpha value is -6.78. The maximum absolute atomic E-state index is 7.11. The number of para-hydroxylation sites is 2. The molecule has 1 fully saturated rings. The van der Waals surface area contributed by atoms with Gasteiger partial charge in [-0.25, -0.2) is 0 Å². The Bertz CT molecular complexity index is 2970. The van der Waals surface area contributed by atoms with Crippen LogP contribution in [0.4, 0.5) is 11.4 Å². The maximum Gasteiger partial charge on any atom is 0.194 e. The number of rotatable bonds is 3. The number of hydrogen-bond donors (Lipinski definition) is 0. The molecule has 5 aliphatic rings. The first kappa shape index (κ1) is 28.8. The number of allylic oxidation sites excluding steroid dienone is 3. The molecule has 4 nitrogen and oxygen atoms in total. The quantitative estimate of drug-likeness (QED) is 0.184. The maximum atomic E-state index is 7.11. The van der Waals surface area contributed by atoms with Crippen LogP contribution < -0.4 is 14.4 Å². The predicted octanol–water partition coefficient (Wildman–Crippen LogP) is 13.1. The summed E-state index contributed by atoms with van der Waals surface area (Å²) in [5.74, 6) is 3.99. The molecule has 1 saturated carbocycles. The summed E-state index contributed by atoms with van der Waals surface area (Å²) in [6.07, 6.45) is 8.24. The fraction of sp³-hybridized carbons (Fsp3) is 0.0800. The van der Waals surface area contributed by atoms with E-state index in [1.165, 1.54) is 50.9 Å². The molecule has 7 aromatic carbocycles. The fourth-order valence-electron chi connectivity index (χ4n) is 9.99. The standard InChI is InChI=1S/C50H31NO3/c1-5-15-37-32(11-1)33-12-2-6-16-38(33)50(37)39-17-7-3-13-34(39)36-27-46-47(28-40(36)50)53-45-22-10-19-42(49(45)54-46)51(31-24-23-29-25-30(29)26-31)41-18-9-21-44-48(41)35-14-4-8-20-43(35)52-44/h1-24,26-30H,25H2. The number of benzene rings is 7. The van der Waals surface area contributed by atoms with Crippen LogP contribution in [0.2, 0.25) is 0 Å². The zero-order valence-corrected chi connectivity index (χ0v) is 29.1. The molecule has 8 aromatic rings. The molecule has 54 heavy (non-hydrogen) atoms. The highest BCUT2D eigenvalue weighted by atomic mass is 16.6. The molecule has 2 atom stereocenters. The molecule has 0 saturated heterocycles. The molecule has 2 heterocycles. The molecular weight excluding hydrogens is 663 g/mol. The third kappa shape index (κ3) is 3.62. The number of fused-ring (bicyclic) bond motifs is 16. The Labute approximate surface area is 311 Å². The zero-order valence-electron chi connectivity index (χ0n) is 29.1. The molecule has 0 bridgehead atoms. The molecule has 1 aliphatic heterocycles. The number of anilines is 2. The van der Waals surface area contributed by atoms with Crippen LogP contribution in [0.25, 0.3) is 44.2 Å². The topological polar surface area (TPSA) is 34.8 Å². The van der Waals surface area contributed by atoms with Gasteiger partial charge in [0, 0.05) is 11.1 Å². The Kier molecular flexibility index (Phi) is 5.44. The zero-order chi connectivity index (χ0) is 35.1. The summed E-state index contributed by atoms with van der Waals surface area (Å²) in [4.78, 5) is 2.34. The highest BCUT2D eigenvalue weighted by Gasteiger charge is 2.52. The van der Waals surface area contributed by atoms with Crippen molar-refractivity contribution >= 4 is 33.3 Å². The van der Waals surface area contributed by atoms with Crippen molar-refractivity contribution in [2.45, 2.75) is 11.8 Å². The van der Waals surface area contributed by atoms with Crippen molar-refractivity contribution in [1.82, 2.24) is 0 Å². The molecule has 4 heteroatoms. The average molecular weight is 694 g/mol. The minimum Gasteiger partial charge on any atom is -0.456 e. The van der Waals surface area contributed by atoms with Crippen LogP contribution >= 0.6 is 0 Å². The second kappa shape index (κ2) is 10.2. The molecule has 1 aromatic heterocycles. The summed E-state index contributed by atoms with van der Waals surface area (Å²) >= 11 is 0. The van der Waals surface area contributed by atoms with Gasteiger partial charge in [0.2, 0.25) is 0 Å².